The van der Waals surface area contributed by atoms with Gasteiger partial charge in [0.2, 0.25) is 10.0 Å². The second-order valence-electron chi connectivity index (χ2n) is 6.67. The Morgan fingerprint density at radius 2 is 1.93 bits per heavy atom. The highest BCUT2D eigenvalue weighted by Crippen LogP contribution is 2.34. The van der Waals surface area contributed by atoms with Crippen LogP contribution in [-0.4, -0.2) is 52.1 Å². The number of sulfonamides is 1. The highest BCUT2D eigenvalue weighted by molar-refractivity contribution is 7.92. The van der Waals surface area contributed by atoms with Gasteiger partial charge in [-0.25, -0.2) is 13.4 Å². The maximum Gasteiger partial charge on any atom is 0.269 e. The monoisotopic (exact) mass is 417 g/mol. The third-order valence-corrected chi connectivity index (χ3v) is 5.04. The van der Waals surface area contributed by atoms with Crippen LogP contribution in [0.25, 0.3) is 0 Å². The molecule has 1 aliphatic rings. The number of hydrazone groups is 1. The molecule has 29 heavy (non-hydrogen) atoms. The van der Waals surface area contributed by atoms with Gasteiger partial charge in [-0.05, 0) is 35.4 Å². The van der Waals surface area contributed by atoms with Gasteiger partial charge in [0, 0.05) is 19.2 Å². The maximum atomic E-state index is 12.6. The van der Waals surface area contributed by atoms with Crippen molar-refractivity contribution >= 4 is 27.3 Å². The van der Waals surface area contributed by atoms with Crippen LogP contribution in [0.3, 0.4) is 0 Å². The van der Waals surface area contributed by atoms with Gasteiger partial charge in [-0.2, -0.15) is 5.10 Å². The number of methoxy groups -OCH3 is 2. The van der Waals surface area contributed by atoms with E-state index in [1.807, 2.05) is 30.3 Å². The number of carbonyl (C=O) groups excluding carboxylic acids is 1. The van der Waals surface area contributed by atoms with Crippen LogP contribution in [0.5, 0.6) is 5.75 Å². The second kappa shape index (κ2) is 8.62. The zero-order valence-electron chi connectivity index (χ0n) is 16.5. The first-order valence-electron chi connectivity index (χ1n) is 8.91. The molecule has 0 saturated heterocycles. The summed E-state index contributed by atoms with van der Waals surface area (Å²) in [4.78, 5) is 12.6. The lowest BCUT2D eigenvalue weighted by atomic mass is 9.98. The lowest BCUT2D eigenvalue weighted by Crippen LogP contribution is -2.30. The Kier molecular flexibility index (Phi) is 6.19. The van der Waals surface area contributed by atoms with Gasteiger partial charge in [0.25, 0.3) is 5.91 Å². The summed E-state index contributed by atoms with van der Waals surface area (Å²) in [6.45, 7) is -0.0842. The zero-order chi connectivity index (χ0) is 21.0. The lowest BCUT2D eigenvalue weighted by Gasteiger charge is -2.21. The first-order chi connectivity index (χ1) is 13.8. The fourth-order valence-electron chi connectivity index (χ4n) is 3.17. The Morgan fingerprint density at radius 1 is 1.21 bits per heavy atom. The molecule has 0 bridgehead atoms. The van der Waals surface area contributed by atoms with Crippen molar-refractivity contribution in [3.8, 4) is 5.75 Å². The molecule has 0 aliphatic carbocycles. The van der Waals surface area contributed by atoms with E-state index in [4.69, 9.17) is 9.47 Å². The van der Waals surface area contributed by atoms with E-state index in [-0.39, 0.29) is 18.6 Å². The van der Waals surface area contributed by atoms with Crippen LogP contribution in [0.15, 0.2) is 53.6 Å². The smallest absolute Gasteiger partial charge is 0.269 e. The molecule has 2 aromatic carbocycles. The number of nitrogens with one attached hydrogen (secondary N) is 1. The van der Waals surface area contributed by atoms with Gasteiger partial charge < -0.3 is 9.47 Å². The third-order valence-electron chi connectivity index (χ3n) is 4.43. The molecule has 2 aromatic rings. The van der Waals surface area contributed by atoms with Gasteiger partial charge in [-0.15, -0.1) is 0 Å². The Bertz CT molecular complexity index is 1020. The summed E-state index contributed by atoms with van der Waals surface area (Å²) in [6.07, 6.45) is 1.59. The van der Waals surface area contributed by atoms with Crippen molar-refractivity contribution in [2.75, 3.05) is 31.8 Å². The summed E-state index contributed by atoms with van der Waals surface area (Å²) in [5.74, 6) is 0.468. The van der Waals surface area contributed by atoms with Crippen molar-refractivity contribution in [3.05, 3.63) is 59.7 Å². The van der Waals surface area contributed by atoms with Gasteiger partial charge in [0.15, 0.2) is 0 Å². The molecular formula is C20H23N3O5S. The normalized spacial score (nSPS) is 16.4. The standard InChI is InChI=1S/C20H23N3O5S/c1-27-13-20(24)23-19(14-7-9-17(28-2)10-8-14)12-18(21-23)15-5-4-6-16(11-15)22-29(3,25)26/h4-11,19,22H,12-13H2,1-3H3/t19-/m0/s1. The van der Waals surface area contributed by atoms with E-state index in [0.29, 0.717) is 17.8 Å². The molecular weight excluding hydrogens is 394 g/mol. The van der Waals surface area contributed by atoms with Crippen molar-refractivity contribution in [1.82, 2.24) is 5.01 Å². The van der Waals surface area contributed by atoms with Crippen LogP contribution >= 0.6 is 0 Å². The first kappa shape index (κ1) is 20.8. The van der Waals surface area contributed by atoms with Crippen LogP contribution in [0.2, 0.25) is 0 Å². The molecule has 0 saturated carbocycles. The SMILES string of the molecule is COCC(=O)N1N=C(c2cccc(NS(C)(=O)=O)c2)C[C@H]1c1ccc(OC)cc1. The molecule has 154 valence electrons. The molecule has 0 radical (unpaired) electrons. The van der Waals surface area contributed by atoms with E-state index in [1.54, 1.807) is 25.3 Å². The highest BCUT2D eigenvalue weighted by Gasteiger charge is 2.33. The summed E-state index contributed by atoms with van der Waals surface area (Å²) in [5.41, 5.74) is 2.78. The fraction of sp³-hybridized carbons (Fsp3) is 0.300. The highest BCUT2D eigenvalue weighted by atomic mass is 32.2. The molecule has 0 aromatic heterocycles. The Hall–Kier alpha value is -2.91. The number of anilines is 1. The molecule has 1 atom stereocenters. The van der Waals surface area contributed by atoms with Crippen molar-refractivity contribution in [1.29, 1.82) is 0 Å². The van der Waals surface area contributed by atoms with E-state index in [9.17, 15) is 13.2 Å². The van der Waals surface area contributed by atoms with E-state index in [1.165, 1.54) is 12.1 Å². The van der Waals surface area contributed by atoms with Gasteiger partial charge >= 0.3 is 0 Å². The van der Waals surface area contributed by atoms with Crippen LogP contribution in [0.4, 0.5) is 5.69 Å². The largest absolute Gasteiger partial charge is 0.497 e. The van der Waals surface area contributed by atoms with Crippen LogP contribution in [0, 0.1) is 0 Å². The van der Waals surface area contributed by atoms with E-state index < -0.39 is 10.0 Å². The quantitative estimate of drug-likeness (QED) is 0.746. The second-order valence-corrected chi connectivity index (χ2v) is 8.41. The number of ether oxygens (including phenoxy) is 2. The van der Waals surface area contributed by atoms with Crippen LogP contribution in [-0.2, 0) is 19.6 Å². The summed E-state index contributed by atoms with van der Waals surface area (Å²) in [5, 5.41) is 5.95. The van der Waals surface area contributed by atoms with Crippen molar-refractivity contribution in [3.63, 3.8) is 0 Å². The Morgan fingerprint density at radius 3 is 2.55 bits per heavy atom. The van der Waals surface area contributed by atoms with E-state index >= 15 is 0 Å². The van der Waals surface area contributed by atoms with Gasteiger partial charge in [-0.3, -0.25) is 9.52 Å². The molecule has 3 rings (SSSR count). The molecule has 1 heterocycles. The molecule has 0 unspecified atom stereocenters. The molecule has 8 nitrogen and oxygen atoms in total. The number of benzene rings is 2. The molecule has 0 spiro atoms. The summed E-state index contributed by atoms with van der Waals surface area (Å²) in [6, 6.07) is 14.1. The third kappa shape index (κ3) is 5.12. The number of rotatable bonds is 7. The summed E-state index contributed by atoms with van der Waals surface area (Å²) >= 11 is 0. The average Bonchev–Trinajstić information content (AvgIpc) is 3.13. The predicted molar refractivity (Wildman–Crippen MR) is 111 cm³/mol. The minimum atomic E-state index is -3.39. The minimum Gasteiger partial charge on any atom is -0.497 e. The molecule has 1 N–H and O–H groups in total. The maximum absolute atomic E-state index is 12.6. The van der Waals surface area contributed by atoms with Crippen molar-refractivity contribution < 1.29 is 22.7 Å². The van der Waals surface area contributed by atoms with E-state index in [2.05, 4.69) is 9.82 Å². The minimum absolute atomic E-state index is 0.0842. The predicted octanol–water partition coefficient (Wildman–Crippen LogP) is 2.39. The zero-order valence-corrected chi connectivity index (χ0v) is 17.3. The lowest BCUT2D eigenvalue weighted by molar-refractivity contribution is -0.137. The Balaban J connectivity index is 1.92. The fourth-order valence-corrected chi connectivity index (χ4v) is 3.72. The Labute approximate surface area is 170 Å². The molecule has 1 amide bonds. The number of nitrogens with zero attached hydrogens (tertiary/aromatic N) is 2. The van der Waals surface area contributed by atoms with Gasteiger partial charge in [0.1, 0.15) is 12.4 Å². The molecule has 0 fully saturated rings. The van der Waals surface area contributed by atoms with Crippen LogP contribution < -0.4 is 9.46 Å². The van der Waals surface area contributed by atoms with Gasteiger partial charge in [-0.1, -0.05) is 24.3 Å². The van der Waals surface area contributed by atoms with Crippen molar-refractivity contribution in [2.24, 2.45) is 5.10 Å². The first-order valence-corrected chi connectivity index (χ1v) is 10.8. The number of hydrogen-bond donors (Lipinski definition) is 1. The summed E-state index contributed by atoms with van der Waals surface area (Å²) in [7, 11) is -0.338. The van der Waals surface area contributed by atoms with Crippen molar-refractivity contribution in [2.45, 2.75) is 12.5 Å². The summed E-state index contributed by atoms with van der Waals surface area (Å²) < 4.78 is 35.7. The number of carbonyl (C=O) groups is 1. The van der Waals surface area contributed by atoms with Gasteiger partial charge in [0.05, 0.1) is 25.1 Å². The molecule has 9 heteroatoms. The number of amides is 1. The average molecular weight is 417 g/mol. The number of hydrogen-bond acceptors (Lipinski definition) is 6. The molecule has 1 aliphatic heterocycles. The topological polar surface area (TPSA) is 97.3 Å². The van der Waals surface area contributed by atoms with E-state index in [0.717, 1.165) is 23.1 Å². The van der Waals surface area contributed by atoms with Crippen LogP contribution in [0.1, 0.15) is 23.6 Å².